The van der Waals surface area contributed by atoms with Crippen LogP contribution in [0.4, 0.5) is 0 Å². The van der Waals surface area contributed by atoms with E-state index < -0.39 is 0 Å². The third-order valence-corrected chi connectivity index (χ3v) is 4.80. The molecule has 0 aromatic carbocycles. The Balaban J connectivity index is 2.28. The molecule has 88 valence electrons. The zero-order chi connectivity index (χ0) is 11.3. The topological polar surface area (TPSA) is 29.1 Å². The molecule has 0 aromatic heterocycles. The van der Waals surface area contributed by atoms with Crippen LogP contribution in [-0.2, 0) is 4.79 Å². The minimum atomic E-state index is 0.240. The Labute approximate surface area is 101 Å². The maximum absolute atomic E-state index is 11.6. The van der Waals surface area contributed by atoms with E-state index in [1.165, 1.54) is 12.8 Å². The van der Waals surface area contributed by atoms with Crippen molar-refractivity contribution in [3.8, 4) is 0 Å². The lowest BCUT2D eigenvalue weighted by molar-refractivity contribution is -0.121. The van der Waals surface area contributed by atoms with Crippen LogP contribution in [0.3, 0.4) is 0 Å². The second-order valence-corrected chi connectivity index (χ2v) is 5.33. The van der Waals surface area contributed by atoms with E-state index in [9.17, 15) is 4.79 Å². The standard InChI is InChI=1S/C12H22BrNO/c1-3-12(4-2,8-13)9-14-11(15)7-10-5-6-10/h10H,3-9H2,1-2H3,(H,14,15). The largest absolute Gasteiger partial charge is 0.356 e. The van der Waals surface area contributed by atoms with Crippen molar-refractivity contribution in [2.24, 2.45) is 11.3 Å². The highest BCUT2D eigenvalue weighted by Gasteiger charge is 2.28. The number of halogens is 1. The first kappa shape index (κ1) is 13.0. The maximum Gasteiger partial charge on any atom is 0.220 e. The van der Waals surface area contributed by atoms with Crippen LogP contribution in [0.5, 0.6) is 0 Å². The molecular weight excluding hydrogens is 254 g/mol. The fraction of sp³-hybridized carbons (Fsp3) is 0.917. The fourth-order valence-electron chi connectivity index (χ4n) is 1.68. The van der Waals surface area contributed by atoms with Gasteiger partial charge in [-0.25, -0.2) is 0 Å². The summed E-state index contributed by atoms with van der Waals surface area (Å²) >= 11 is 3.56. The van der Waals surface area contributed by atoms with E-state index in [-0.39, 0.29) is 11.3 Å². The quantitative estimate of drug-likeness (QED) is 0.711. The molecule has 0 aliphatic heterocycles. The van der Waals surface area contributed by atoms with Crippen LogP contribution < -0.4 is 5.32 Å². The van der Waals surface area contributed by atoms with Crippen molar-refractivity contribution in [1.29, 1.82) is 0 Å². The van der Waals surface area contributed by atoms with Crippen LogP contribution in [0.2, 0.25) is 0 Å². The summed E-state index contributed by atoms with van der Waals surface area (Å²) < 4.78 is 0. The van der Waals surface area contributed by atoms with Crippen LogP contribution in [0, 0.1) is 11.3 Å². The molecule has 1 saturated carbocycles. The molecule has 0 bridgehead atoms. The summed E-state index contributed by atoms with van der Waals surface area (Å²) in [5.74, 6) is 0.927. The van der Waals surface area contributed by atoms with Gasteiger partial charge in [0.15, 0.2) is 0 Å². The third-order valence-electron chi connectivity index (χ3n) is 3.62. The van der Waals surface area contributed by atoms with Crippen LogP contribution in [0.15, 0.2) is 0 Å². The van der Waals surface area contributed by atoms with Gasteiger partial charge in [-0.2, -0.15) is 0 Å². The first-order valence-electron chi connectivity index (χ1n) is 5.98. The Kier molecular flexibility index (Phi) is 5.10. The van der Waals surface area contributed by atoms with E-state index in [1.807, 2.05) is 0 Å². The lowest BCUT2D eigenvalue weighted by atomic mass is 9.84. The van der Waals surface area contributed by atoms with Crippen LogP contribution in [-0.4, -0.2) is 17.8 Å². The van der Waals surface area contributed by atoms with Gasteiger partial charge < -0.3 is 5.32 Å². The van der Waals surface area contributed by atoms with E-state index in [0.29, 0.717) is 5.92 Å². The van der Waals surface area contributed by atoms with Crippen molar-refractivity contribution < 1.29 is 4.79 Å². The van der Waals surface area contributed by atoms with E-state index in [4.69, 9.17) is 0 Å². The zero-order valence-electron chi connectivity index (χ0n) is 9.81. The molecule has 0 radical (unpaired) electrons. The highest BCUT2D eigenvalue weighted by Crippen LogP contribution is 2.32. The highest BCUT2D eigenvalue weighted by atomic mass is 79.9. The Morgan fingerprint density at radius 1 is 1.40 bits per heavy atom. The molecule has 3 heteroatoms. The maximum atomic E-state index is 11.6. The smallest absolute Gasteiger partial charge is 0.220 e. The predicted octanol–water partition coefficient (Wildman–Crippen LogP) is 3.10. The molecule has 1 aliphatic rings. The normalized spacial score (nSPS) is 16.5. The van der Waals surface area contributed by atoms with Crippen molar-refractivity contribution in [3.05, 3.63) is 0 Å². The third kappa shape index (κ3) is 4.13. The number of alkyl halides is 1. The Hall–Kier alpha value is -0.0500. The van der Waals surface area contributed by atoms with Crippen molar-refractivity contribution >= 4 is 21.8 Å². The van der Waals surface area contributed by atoms with Gasteiger partial charge in [0.25, 0.3) is 0 Å². The summed E-state index contributed by atoms with van der Waals surface area (Å²) in [4.78, 5) is 11.6. The van der Waals surface area contributed by atoms with Crippen molar-refractivity contribution in [1.82, 2.24) is 5.32 Å². The minimum Gasteiger partial charge on any atom is -0.356 e. The summed E-state index contributed by atoms with van der Waals surface area (Å²) in [6.45, 7) is 5.20. The summed E-state index contributed by atoms with van der Waals surface area (Å²) in [6, 6.07) is 0. The van der Waals surface area contributed by atoms with Gasteiger partial charge in [-0.1, -0.05) is 29.8 Å². The Morgan fingerprint density at radius 2 is 2.00 bits per heavy atom. The fourth-order valence-corrected chi connectivity index (χ4v) is 2.67. The van der Waals surface area contributed by atoms with Gasteiger partial charge >= 0.3 is 0 Å². The average molecular weight is 276 g/mol. The van der Waals surface area contributed by atoms with Crippen molar-refractivity contribution in [2.45, 2.75) is 46.0 Å². The number of rotatable bonds is 7. The van der Waals surface area contributed by atoms with Crippen molar-refractivity contribution in [2.75, 3.05) is 11.9 Å². The number of carbonyl (C=O) groups is 1. The highest BCUT2D eigenvalue weighted by molar-refractivity contribution is 9.09. The predicted molar refractivity (Wildman–Crippen MR) is 67.2 cm³/mol. The van der Waals surface area contributed by atoms with Crippen molar-refractivity contribution in [3.63, 3.8) is 0 Å². The molecule has 0 saturated heterocycles. The van der Waals surface area contributed by atoms with Crippen LogP contribution in [0.25, 0.3) is 0 Å². The van der Waals surface area contributed by atoms with Crippen LogP contribution >= 0.6 is 15.9 Å². The number of amides is 1. The summed E-state index contributed by atoms with van der Waals surface area (Å²) in [6.07, 6.45) is 5.46. The molecule has 1 aliphatic carbocycles. The molecule has 0 unspecified atom stereocenters. The first-order valence-corrected chi connectivity index (χ1v) is 7.10. The molecule has 1 amide bonds. The average Bonchev–Trinajstić information content (AvgIpc) is 3.05. The molecule has 0 heterocycles. The second kappa shape index (κ2) is 5.88. The van der Waals surface area contributed by atoms with Gasteiger partial charge in [-0.05, 0) is 37.0 Å². The van der Waals surface area contributed by atoms with Gasteiger partial charge in [0.2, 0.25) is 5.91 Å². The molecular formula is C12H22BrNO. The van der Waals surface area contributed by atoms with Gasteiger partial charge in [0.1, 0.15) is 0 Å². The molecule has 15 heavy (non-hydrogen) atoms. The molecule has 1 fully saturated rings. The molecule has 0 aromatic rings. The Morgan fingerprint density at radius 3 is 2.40 bits per heavy atom. The number of hydrogen-bond donors (Lipinski definition) is 1. The van der Waals surface area contributed by atoms with E-state index in [1.54, 1.807) is 0 Å². The summed E-state index contributed by atoms with van der Waals surface area (Å²) in [7, 11) is 0. The molecule has 1 rings (SSSR count). The first-order chi connectivity index (χ1) is 7.15. The summed E-state index contributed by atoms with van der Waals surface area (Å²) in [5.41, 5.74) is 0.249. The molecule has 0 spiro atoms. The molecule has 2 nitrogen and oxygen atoms in total. The van der Waals surface area contributed by atoms with Crippen LogP contribution in [0.1, 0.15) is 46.0 Å². The molecule has 1 N–H and O–H groups in total. The van der Waals surface area contributed by atoms with E-state index in [2.05, 4.69) is 35.1 Å². The number of hydrogen-bond acceptors (Lipinski definition) is 1. The number of nitrogens with one attached hydrogen (secondary N) is 1. The monoisotopic (exact) mass is 275 g/mol. The lowest BCUT2D eigenvalue weighted by Crippen LogP contribution is -2.38. The zero-order valence-corrected chi connectivity index (χ0v) is 11.4. The number of carbonyl (C=O) groups excluding carboxylic acids is 1. The van der Waals surface area contributed by atoms with E-state index in [0.717, 1.165) is 31.1 Å². The summed E-state index contributed by atoms with van der Waals surface area (Å²) in [5, 5.41) is 4.05. The van der Waals surface area contributed by atoms with Gasteiger partial charge in [-0.15, -0.1) is 0 Å². The molecule has 0 atom stereocenters. The Bertz CT molecular complexity index is 201. The van der Waals surface area contributed by atoms with E-state index >= 15 is 0 Å². The van der Waals surface area contributed by atoms with Gasteiger partial charge in [0.05, 0.1) is 0 Å². The second-order valence-electron chi connectivity index (χ2n) is 4.76. The van der Waals surface area contributed by atoms with Gasteiger partial charge in [-0.3, -0.25) is 4.79 Å². The minimum absolute atomic E-state index is 0.240. The lowest BCUT2D eigenvalue weighted by Gasteiger charge is -2.29. The van der Waals surface area contributed by atoms with Gasteiger partial charge in [0, 0.05) is 18.3 Å². The SMILES string of the molecule is CCC(CC)(CBr)CNC(=O)CC1CC1.